The third-order valence-electron chi connectivity index (χ3n) is 10.4. The minimum Gasteiger partial charge on any atom is -0.309 e. The molecule has 0 N–H and O–H groups in total. The molecule has 4 aromatic heterocycles. The van der Waals surface area contributed by atoms with E-state index in [1.807, 2.05) is 23.6 Å². The molecule has 0 aliphatic heterocycles. The number of thiophene rings is 1. The molecule has 0 saturated heterocycles. The van der Waals surface area contributed by atoms with Crippen molar-refractivity contribution < 1.29 is 0 Å². The normalized spacial score (nSPS) is 11.9. The second-order valence-corrected chi connectivity index (χ2v) is 14.2. The Balaban J connectivity index is 1.06. The number of hydrogen-bond donors (Lipinski definition) is 0. The fourth-order valence-corrected chi connectivity index (χ4v) is 9.34. The Hall–Kier alpha value is -6.49. The van der Waals surface area contributed by atoms with E-state index in [2.05, 4.69) is 173 Å². The molecular weight excluding hydrogens is 639 g/mol. The summed E-state index contributed by atoms with van der Waals surface area (Å²) in [6.07, 6.45) is 1.88. The van der Waals surface area contributed by atoms with Crippen LogP contribution in [-0.4, -0.2) is 14.1 Å². The summed E-state index contributed by atoms with van der Waals surface area (Å²) in [5.41, 5.74) is 12.9. The Morgan fingerprint density at radius 1 is 0.392 bits per heavy atom. The molecule has 4 heterocycles. The van der Waals surface area contributed by atoms with Gasteiger partial charge in [0.2, 0.25) is 0 Å². The number of fused-ring (bicyclic) bond motifs is 9. The first-order valence-electron chi connectivity index (χ1n) is 17.3. The third-order valence-corrected chi connectivity index (χ3v) is 11.6. The highest BCUT2D eigenvalue weighted by atomic mass is 32.1. The molecule has 238 valence electrons. The molecular formula is C47H29N3S. The van der Waals surface area contributed by atoms with Crippen molar-refractivity contribution >= 4 is 75.3 Å². The van der Waals surface area contributed by atoms with Gasteiger partial charge in [-0.1, -0.05) is 103 Å². The van der Waals surface area contributed by atoms with Crippen molar-refractivity contribution in [3.8, 4) is 33.6 Å². The molecule has 51 heavy (non-hydrogen) atoms. The van der Waals surface area contributed by atoms with Gasteiger partial charge in [-0.05, 0) is 89.0 Å². The van der Waals surface area contributed by atoms with Gasteiger partial charge >= 0.3 is 0 Å². The quantitative estimate of drug-likeness (QED) is 0.183. The highest BCUT2D eigenvalue weighted by Gasteiger charge is 2.17. The summed E-state index contributed by atoms with van der Waals surface area (Å²) < 4.78 is 7.42. The molecule has 0 bridgehead atoms. The molecule has 0 amide bonds. The maximum atomic E-state index is 4.77. The average Bonchev–Trinajstić information content (AvgIpc) is 3.86. The van der Waals surface area contributed by atoms with Crippen molar-refractivity contribution in [2.45, 2.75) is 0 Å². The van der Waals surface area contributed by atoms with Gasteiger partial charge in [-0.3, -0.25) is 4.98 Å². The van der Waals surface area contributed by atoms with Crippen molar-refractivity contribution in [1.29, 1.82) is 0 Å². The van der Waals surface area contributed by atoms with Crippen LogP contribution in [0.3, 0.4) is 0 Å². The summed E-state index contributed by atoms with van der Waals surface area (Å²) in [7, 11) is 0. The Morgan fingerprint density at radius 2 is 1.02 bits per heavy atom. The molecule has 0 unspecified atom stereocenters. The lowest BCUT2D eigenvalue weighted by atomic mass is 9.97. The van der Waals surface area contributed by atoms with Gasteiger partial charge < -0.3 is 9.13 Å². The number of para-hydroxylation sites is 2. The van der Waals surface area contributed by atoms with E-state index in [4.69, 9.17) is 4.98 Å². The second kappa shape index (κ2) is 11.0. The van der Waals surface area contributed by atoms with Crippen LogP contribution in [0.2, 0.25) is 0 Å². The standard InChI is InChI=1S/C47H29N3S/c1-4-20-41-36(15-1)40-29-34(50-42-21-5-2-17-39(42)46-44(50)22-10-26-48-46)24-25-43(40)49(41)33-14-8-12-31(28-33)30-11-7-13-32(27-30)35-18-9-19-38-37-16-3-6-23-45(37)51-47(35)38/h1-29H. The predicted octanol–water partition coefficient (Wildman–Crippen LogP) is 13.0. The highest BCUT2D eigenvalue weighted by molar-refractivity contribution is 7.26. The van der Waals surface area contributed by atoms with Crippen molar-refractivity contribution in [3.05, 3.63) is 176 Å². The third kappa shape index (κ3) is 4.27. The molecule has 4 heteroatoms. The lowest BCUT2D eigenvalue weighted by molar-refractivity contribution is 1.16. The number of nitrogens with zero attached hydrogens (tertiary/aromatic N) is 3. The first kappa shape index (κ1) is 28.4. The van der Waals surface area contributed by atoms with E-state index in [1.165, 1.54) is 64.2 Å². The van der Waals surface area contributed by atoms with Crippen molar-refractivity contribution in [1.82, 2.24) is 14.1 Å². The number of hydrogen-bond acceptors (Lipinski definition) is 2. The smallest absolute Gasteiger partial charge is 0.0963 e. The van der Waals surface area contributed by atoms with Gasteiger partial charge in [-0.2, -0.15) is 0 Å². The lowest BCUT2D eigenvalue weighted by Gasteiger charge is -2.12. The zero-order chi connectivity index (χ0) is 33.5. The number of benzene rings is 7. The minimum absolute atomic E-state index is 1.03. The fraction of sp³-hybridized carbons (Fsp3) is 0. The van der Waals surface area contributed by atoms with Crippen LogP contribution in [0.5, 0.6) is 0 Å². The van der Waals surface area contributed by atoms with Gasteiger partial charge in [0.15, 0.2) is 0 Å². The van der Waals surface area contributed by atoms with E-state index in [0.717, 1.165) is 33.3 Å². The van der Waals surface area contributed by atoms with Crippen LogP contribution in [0.25, 0.3) is 97.5 Å². The van der Waals surface area contributed by atoms with Crippen molar-refractivity contribution in [3.63, 3.8) is 0 Å². The summed E-state index contributed by atoms with van der Waals surface area (Å²) in [6, 6.07) is 61.8. The van der Waals surface area contributed by atoms with Crippen molar-refractivity contribution in [2.24, 2.45) is 0 Å². The van der Waals surface area contributed by atoms with Crippen LogP contribution >= 0.6 is 11.3 Å². The summed E-state index contributed by atoms with van der Waals surface area (Å²) in [4.78, 5) is 4.77. The van der Waals surface area contributed by atoms with Crippen LogP contribution in [0, 0.1) is 0 Å². The average molecular weight is 668 g/mol. The molecule has 11 aromatic rings. The van der Waals surface area contributed by atoms with E-state index < -0.39 is 0 Å². The van der Waals surface area contributed by atoms with E-state index in [-0.39, 0.29) is 0 Å². The Bertz CT molecular complexity index is 3100. The Kier molecular flexibility index (Phi) is 6.12. The molecule has 0 spiro atoms. The molecule has 3 nitrogen and oxygen atoms in total. The van der Waals surface area contributed by atoms with E-state index in [9.17, 15) is 0 Å². The first-order chi connectivity index (χ1) is 25.3. The van der Waals surface area contributed by atoms with E-state index in [1.54, 1.807) is 0 Å². The number of aromatic nitrogens is 3. The monoisotopic (exact) mass is 667 g/mol. The largest absolute Gasteiger partial charge is 0.309 e. The number of rotatable bonds is 4. The molecule has 0 aliphatic rings. The second-order valence-electron chi connectivity index (χ2n) is 13.2. The summed E-state index contributed by atoms with van der Waals surface area (Å²) in [5.74, 6) is 0. The Labute approximate surface area is 297 Å². The molecule has 0 saturated carbocycles. The van der Waals surface area contributed by atoms with Gasteiger partial charge in [-0.25, -0.2) is 0 Å². The predicted molar refractivity (Wildman–Crippen MR) is 217 cm³/mol. The molecule has 0 atom stereocenters. The summed E-state index contributed by atoms with van der Waals surface area (Å²) in [5, 5.41) is 6.27. The summed E-state index contributed by atoms with van der Waals surface area (Å²) >= 11 is 1.88. The van der Waals surface area contributed by atoms with Gasteiger partial charge in [0.05, 0.1) is 27.6 Å². The molecule has 7 aromatic carbocycles. The zero-order valence-electron chi connectivity index (χ0n) is 27.5. The molecule has 0 radical (unpaired) electrons. The molecule has 11 rings (SSSR count). The van der Waals surface area contributed by atoms with Gasteiger partial charge in [0.25, 0.3) is 0 Å². The Morgan fingerprint density at radius 3 is 1.92 bits per heavy atom. The highest BCUT2D eigenvalue weighted by Crippen LogP contribution is 2.41. The van der Waals surface area contributed by atoms with Gasteiger partial charge in [-0.15, -0.1) is 11.3 Å². The minimum atomic E-state index is 1.03. The maximum Gasteiger partial charge on any atom is 0.0963 e. The van der Waals surface area contributed by atoms with Crippen LogP contribution in [0.15, 0.2) is 176 Å². The molecule has 0 aliphatic carbocycles. The summed E-state index contributed by atoms with van der Waals surface area (Å²) in [6.45, 7) is 0. The van der Waals surface area contributed by atoms with E-state index in [0.29, 0.717) is 0 Å². The van der Waals surface area contributed by atoms with Gasteiger partial charge in [0.1, 0.15) is 0 Å². The SMILES string of the molecule is c1cc(-c2cccc(-n3c4ccccc4c4cc(-n5c6ccccc6c6ncccc65)ccc43)c2)cc(-c2cccc3c2sc2ccccc23)c1. The maximum absolute atomic E-state index is 4.77. The topological polar surface area (TPSA) is 22.8 Å². The lowest BCUT2D eigenvalue weighted by Crippen LogP contribution is -1.96. The fourth-order valence-electron chi connectivity index (χ4n) is 8.11. The van der Waals surface area contributed by atoms with Crippen LogP contribution in [0.4, 0.5) is 0 Å². The van der Waals surface area contributed by atoms with Crippen molar-refractivity contribution in [2.75, 3.05) is 0 Å². The zero-order valence-corrected chi connectivity index (χ0v) is 28.3. The van der Waals surface area contributed by atoms with Gasteiger partial charge in [0, 0.05) is 53.9 Å². The number of pyridine rings is 1. The van der Waals surface area contributed by atoms with E-state index >= 15 is 0 Å². The molecule has 0 fully saturated rings. The van der Waals surface area contributed by atoms with Crippen LogP contribution < -0.4 is 0 Å². The van der Waals surface area contributed by atoms with Crippen LogP contribution in [0.1, 0.15) is 0 Å². The van der Waals surface area contributed by atoms with Crippen LogP contribution in [-0.2, 0) is 0 Å². The first-order valence-corrected chi connectivity index (χ1v) is 18.1.